The molecule has 1 aliphatic heterocycles. The lowest BCUT2D eigenvalue weighted by Gasteiger charge is -2.20. The summed E-state index contributed by atoms with van der Waals surface area (Å²) in [7, 11) is 0. The lowest BCUT2D eigenvalue weighted by atomic mass is 9.98. The smallest absolute Gasteiger partial charge is 0.240 e. The number of halogens is 1. The van der Waals surface area contributed by atoms with E-state index in [0.29, 0.717) is 0 Å². The topological polar surface area (TPSA) is 32.7 Å². The van der Waals surface area contributed by atoms with Crippen LogP contribution < -0.4 is 0 Å². The first-order valence-corrected chi connectivity index (χ1v) is 7.62. The second-order valence-corrected chi connectivity index (χ2v) is 5.97. The zero-order chi connectivity index (χ0) is 14.8. The molecule has 1 heterocycles. The fourth-order valence-electron chi connectivity index (χ4n) is 2.58. The number of hydrazone groups is 1. The Hall–Kier alpha value is -1.94. The molecule has 1 unspecified atom stereocenters. The molecule has 4 heteroatoms. The Labute approximate surface area is 132 Å². The molecule has 3 rings (SSSR count). The van der Waals surface area contributed by atoms with Crippen LogP contribution >= 0.6 is 15.9 Å². The summed E-state index contributed by atoms with van der Waals surface area (Å²) < 4.78 is 1.01. The van der Waals surface area contributed by atoms with Crippen LogP contribution in [0.4, 0.5) is 0 Å². The molecule has 2 aromatic carbocycles. The van der Waals surface area contributed by atoms with Crippen LogP contribution in [0.1, 0.15) is 30.5 Å². The lowest BCUT2D eigenvalue weighted by molar-refractivity contribution is -0.130. The van der Waals surface area contributed by atoms with Crippen molar-refractivity contribution in [2.75, 3.05) is 0 Å². The zero-order valence-electron chi connectivity index (χ0n) is 11.7. The average molecular weight is 343 g/mol. The molecule has 0 radical (unpaired) electrons. The van der Waals surface area contributed by atoms with Gasteiger partial charge in [-0.1, -0.05) is 58.4 Å². The summed E-state index contributed by atoms with van der Waals surface area (Å²) in [5, 5.41) is 6.13. The van der Waals surface area contributed by atoms with Crippen molar-refractivity contribution in [3.63, 3.8) is 0 Å². The molecule has 1 atom stereocenters. The van der Waals surface area contributed by atoms with Crippen molar-refractivity contribution >= 4 is 27.5 Å². The first-order valence-electron chi connectivity index (χ1n) is 6.83. The number of hydrogen-bond acceptors (Lipinski definition) is 2. The quantitative estimate of drug-likeness (QED) is 0.806. The monoisotopic (exact) mass is 342 g/mol. The van der Waals surface area contributed by atoms with Gasteiger partial charge in [0.15, 0.2) is 0 Å². The summed E-state index contributed by atoms with van der Waals surface area (Å²) in [5.41, 5.74) is 3.11. The van der Waals surface area contributed by atoms with E-state index in [2.05, 4.69) is 21.0 Å². The van der Waals surface area contributed by atoms with E-state index in [1.807, 2.05) is 54.6 Å². The predicted octanol–water partition coefficient (Wildman–Crippen LogP) is 4.15. The van der Waals surface area contributed by atoms with Crippen LogP contribution in [0.15, 0.2) is 64.2 Å². The van der Waals surface area contributed by atoms with E-state index < -0.39 is 0 Å². The van der Waals surface area contributed by atoms with E-state index in [4.69, 9.17) is 0 Å². The third-order valence-electron chi connectivity index (χ3n) is 3.58. The second-order valence-electron chi connectivity index (χ2n) is 5.05. The summed E-state index contributed by atoms with van der Waals surface area (Å²) in [6.45, 7) is 1.56. The standard InChI is InChI=1S/C17H15BrN2O/c1-12(21)20-17(13-6-3-2-4-7-13)11-16(19-20)14-8-5-9-15(18)10-14/h2-10,17H,11H2,1H3. The van der Waals surface area contributed by atoms with Crippen LogP contribution in [0.25, 0.3) is 0 Å². The fraction of sp³-hybridized carbons (Fsp3) is 0.176. The van der Waals surface area contributed by atoms with Crippen LogP contribution in [0.3, 0.4) is 0 Å². The Morgan fingerprint density at radius 2 is 1.95 bits per heavy atom. The molecule has 2 aromatic rings. The number of carbonyl (C=O) groups excluding carboxylic acids is 1. The third-order valence-corrected chi connectivity index (χ3v) is 4.07. The number of carbonyl (C=O) groups is 1. The molecule has 0 saturated carbocycles. The van der Waals surface area contributed by atoms with Gasteiger partial charge in [0.05, 0.1) is 11.8 Å². The van der Waals surface area contributed by atoms with Gasteiger partial charge >= 0.3 is 0 Å². The second kappa shape index (κ2) is 5.82. The molecule has 0 aromatic heterocycles. The van der Waals surface area contributed by atoms with E-state index in [-0.39, 0.29) is 11.9 Å². The Kier molecular flexibility index (Phi) is 3.88. The van der Waals surface area contributed by atoms with E-state index in [1.165, 1.54) is 0 Å². The molecule has 1 amide bonds. The van der Waals surface area contributed by atoms with Gasteiger partial charge in [-0.05, 0) is 23.3 Å². The molecule has 1 aliphatic rings. The molecule has 0 fully saturated rings. The van der Waals surface area contributed by atoms with Crippen molar-refractivity contribution in [3.8, 4) is 0 Å². The molecular weight excluding hydrogens is 328 g/mol. The Morgan fingerprint density at radius 1 is 1.19 bits per heavy atom. The molecule has 106 valence electrons. The van der Waals surface area contributed by atoms with Gasteiger partial charge in [-0.2, -0.15) is 5.10 Å². The van der Waals surface area contributed by atoms with Gasteiger partial charge in [0.1, 0.15) is 0 Å². The number of benzene rings is 2. The maximum atomic E-state index is 11.9. The summed E-state index contributed by atoms with van der Waals surface area (Å²) in [5.74, 6) is -0.0335. The van der Waals surface area contributed by atoms with Crippen LogP contribution in [0, 0.1) is 0 Å². The molecule has 3 nitrogen and oxygen atoms in total. The maximum absolute atomic E-state index is 11.9. The van der Waals surface area contributed by atoms with Crippen LogP contribution in [0.2, 0.25) is 0 Å². The van der Waals surface area contributed by atoms with Crippen molar-refractivity contribution in [2.45, 2.75) is 19.4 Å². The highest BCUT2D eigenvalue weighted by Crippen LogP contribution is 2.32. The molecule has 0 bridgehead atoms. The minimum atomic E-state index is -0.0335. The summed E-state index contributed by atoms with van der Waals surface area (Å²) in [4.78, 5) is 11.9. The number of hydrogen-bond donors (Lipinski definition) is 0. The van der Waals surface area contributed by atoms with Gasteiger partial charge in [0, 0.05) is 17.8 Å². The Morgan fingerprint density at radius 3 is 2.62 bits per heavy atom. The number of amides is 1. The molecule has 0 saturated heterocycles. The first kappa shape index (κ1) is 14.0. The van der Waals surface area contributed by atoms with Gasteiger partial charge in [-0.25, -0.2) is 5.01 Å². The van der Waals surface area contributed by atoms with Gasteiger partial charge in [0.2, 0.25) is 5.91 Å². The fourth-order valence-corrected chi connectivity index (χ4v) is 2.98. The number of rotatable bonds is 2. The Balaban J connectivity index is 1.95. The van der Waals surface area contributed by atoms with E-state index in [0.717, 1.165) is 27.7 Å². The van der Waals surface area contributed by atoms with Crippen molar-refractivity contribution < 1.29 is 4.79 Å². The summed E-state index contributed by atoms with van der Waals surface area (Å²) in [6, 6.07) is 18.0. The van der Waals surface area contributed by atoms with Crippen molar-refractivity contribution in [1.29, 1.82) is 0 Å². The molecular formula is C17H15BrN2O. The van der Waals surface area contributed by atoms with Crippen molar-refractivity contribution in [1.82, 2.24) is 5.01 Å². The van der Waals surface area contributed by atoms with Crippen LogP contribution in [-0.2, 0) is 4.79 Å². The predicted molar refractivity (Wildman–Crippen MR) is 87.0 cm³/mol. The normalized spacial score (nSPS) is 17.7. The zero-order valence-corrected chi connectivity index (χ0v) is 13.2. The highest BCUT2D eigenvalue weighted by molar-refractivity contribution is 9.10. The molecule has 0 N–H and O–H groups in total. The van der Waals surface area contributed by atoms with Gasteiger partial charge in [-0.15, -0.1) is 0 Å². The van der Waals surface area contributed by atoms with E-state index >= 15 is 0 Å². The molecule has 21 heavy (non-hydrogen) atoms. The largest absolute Gasteiger partial charge is 0.273 e. The van der Waals surface area contributed by atoms with Gasteiger partial charge in [0.25, 0.3) is 0 Å². The minimum Gasteiger partial charge on any atom is -0.273 e. The van der Waals surface area contributed by atoms with Crippen LogP contribution in [-0.4, -0.2) is 16.6 Å². The lowest BCUT2D eigenvalue weighted by Crippen LogP contribution is -2.24. The summed E-state index contributed by atoms with van der Waals surface area (Å²) >= 11 is 3.48. The van der Waals surface area contributed by atoms with Gasteiger partial charge in [-0.3, -0.25) is 4.79 Å². The third kappa shape index (κ3) is 2.90. The van der Waals surface area contributed by atoms with E-state index in [1.54, 1.807) is 11.9 Å². The van der Waals surface area contributed by atoms with Gasteiger partial charge < -0.3 is 0 Å². The van der Waals surface area contributed by atoms with Crippen molar-refractivity contribution in [3.05, 3.63) is 70.2 Å². The Bertz CT molecular complexity index is 697. The molecule has 0 aliphatic carbocycles. The summed E-state index contributed by atoms with van der Waals surface area (Å²) in [6.07, 6.45) is 0.736. The highest BCUT2D eigenvalue weighted by atomic mass is 79.9. The minimum absolute atomic E-state index is 0.0160. The van der Waals surface area contributed by atoms with Crippen LogP contribution in [0.5, 0.6) is 0 Å². The highest BCUT2D eigenvalue weighted by Gasteiger charge is 2.31. The molecule has 0 spiro atoms. The number of nitrogens with zero attached hydrogens (tertiary/aromatic N) is 2. The maximum Gasteiger partial charge on any atom is 0.240 e. The van der Waals surface area contributed by atoms with Crippen molar-refractivity contribution in [2.24, 2.45) is 5.10 Å². The average Bonchev–Trinajstić information content (AvgIpc) is 2.93. The SMILES string of the molecule is CC(=O)N1N=C(c2cccc(Br)c2)CC1c1ccccc1. The first-order chi connectivity index (χ1) is 10.1. The van der Waals surface area contributed by atoms with E-state index in [9.17, 15) is 4.79 Å².